The zero-order valence-corrected chi connectivity index (χ0v) is 21.7. The molecule has 1 aliphatic carbocycles. The third kappa shape index (κ3) is 5.01. The highest BCUT2D eigenvalue weighted by atomic mass is 16.5. The molecule has 1 N–H and O–H groups in total. The minimum absolute atomic E-state index is 0.0590. The predicted molar refractivity (Wildman–Crippen MR) is 139 cm³/mol. The average Bonchev–Trinajstić information content (AvgIpc) is 3.49. The van der Waals surface area contributed by atoms with Crippen LogP contribution in [-0.4, -0.2) is 76.3 Å². The maximum absolute atomic E-state index is 13.9. The summed E-state index contributed by atoms with van der Waals surface area (Å²) in [7, 11) is 1.64. The van der Waals surface area contributed by atoms with Crippen molar-refractivity contribution in [2.45, 2.75) is 76.4 Å². The molecular weight excluding hydrogens is 454 g/mol. The molecule has 0 radical (unpaired) electrons. The summed E-state index contributed by atoms with van der Waals surface area (Å²) in [5, 5.41) is 8.10. The van der Waals surface area contributed by atoms with E-state index >= 15 is 0 Å². The average molecular weight is 494 g/mol. The van der Waals surface area contributed by atoms with E-state index in [0.29, 0.717) is 18.8 Å². The second-order valence-electron chi connectivity index (χ2n) is 10.7. The van der Waals surface area contributed by atoms with Crippen LogP contribution in [0.5, 0.6) is 5.75 Å². The van der Waals surface area contributed by atoms with Gasteiger partial charge in [0.05, 0.1) is 19.3 Å². The Bertz CT molecular complexity index is 1070. The molecular formula is C28H39N5O3. The van der Waals surface area contributed by atoms with E-state index in [-0.39, 0.29) is 17.9 Å². The number of benzene rings is 1. The van der Waals surface area contributed by atoms with Crippen LogP contribution in [0.4, 0.5) is 0 Å². The Morgan fingerprint density at radius 1 is 1.06 bits per heavy atom. The fourth-order valence-electron chi connectivity index (χ4n) is 5.91. The Morgan fingerprint density at radius 3 is 2.42 bits per heavy atom. The Morgan fingerprint density at radius 2 is 1.75 bits per heavy atom. The number of rotatable bonds is 7. The van der Waals surface area contributed by atoms with E-state index in [1.165, 1.54) is 25.7 Å². The van der Waals surface area contributed by atoms with E-state index in [2.05, 4.69) is 10.2 Å². The number of nitrogens with zero attached hydrogens (tertiary/aromatic N) is 4. The topological polar surface area (TPSA) is 79.7 Å². The molecule has 36 heavy (non-hydrogen) atoms. The van der Waals surface area contributed by atoms with E-state index in [9.17, 15) is 9.59 Å². The van der Waals surface area contributed by atoms with Crippen LogP contribution < -0.4 is 10.1 Å². The number of likely N-dealkylation sites (tertiary alicyclic amines) is 1. The van der Waals surface area contributed by atoms with Crippen molar-refractivity contribution in [3.63, 3.8) is 0 Å². The van der Waals surface area contributed by atoms with E-state index in [1.807, 2.05) is 42.2 Å². The van der Waals surface area contributed by atoms with Crippen molar-refractivity contribution < 1.29 is 14.3 Å². The molecule has 2 amide bonds. The van der Waals surface area contributed by atoms with E-state index in [1.54, 1.807) is 11.8 Å². The van der Waals surface area contributed by atoms with Crippen LogP contribution in [-0.2, 0) is 11.3 Å². The number of hydrogen-bond donors (Lipinski definition) is 1. The lowest BCUT2D eigenvalue weighted by atomic mass is 9.93. The molecule has 1 saturated carbocycles. The second-order valence-corrected chi connectivity index (χ2v) is 10.7. The number of nitrogens with one attached hydrogen (secondary N) is 1. The van der Waals surface area contributed by atoms with E-state index < -0.39 is 5.54 Å². The predicted octanol–water partition coefficient (Wildman–Crippen LogP) is 3.71. The van der Waals surface area contributed by atoms with Gasteiger partial charge in [0, 0.05) is 24.7 Å². The van der Waals surface area contributed by atoms with Crippen molar-refractivity contribution in [3.05, 3.63) is 36.0 Å². The summed E-state index contributed by atoms with van der Waals surface area (Å²) in [5.74, 6) is 0.595. The molecule has 8 nitrogen and oxygen atoms in total. The third-order valence-corrected chi connectivity index (χ3v) is 8.20. The van der Waals surface area contributed by atoms with Crippen LogP contribution in [0, 0.1) is 0 Å². The van der Waals surface area contributed by atoms with Gasteiger partial charge in [0.1, 0.15) is 17.0 Å². The summed E-state index contributed by atoms with van der Waals surface area (Å²) in [6, 6.07) is 9.71. The van der Waals surface area contributed by atoms with Crippen molar-refractivity contribution in [3.8, 4) is 17.0 Å². The van der Waals surface area contributed by atoms with Crippen LogP contribution in [0.2, 0.25) is 0 Å². The molecule has 2 fully saturated rings. The van der Waals surface area contributed by atoms with E-state index in [4.69, 9.17) is 9.84 Å². The van der Waals surface area contributed by atoms with E-state index in [0.717, 1.165) is 62.3 Å². The molecule has 2 aliphatic heterocycles. The standard InChI is InChI=1S/C28H39N5O3/c1-28(27(35)29-22-9-5-3-4-6-10-22)20-33-25(26(34)32(28)18-17-31-15-7-8-16-31)19-24(30-33)21-11-13-23(36-2)14-12-21/h11-14,19,22H,3-10,15-18,20H2,1-2H3,(H,29,35). The second kappa shape index (κ2) is 10.6. The number of carbonyl (C=O) groups is 2. The molecule has 3 aliphatic rings. The fourth-order valence-corrected chi connectivity index (χ4v) is 5.91. The summed E-state index contributed by atoms with van der Waals surface area (Å²) in [6.45, 7) is 5.72. The SMILES string of the molecule is COc1ccc(-c2cc3n(n2)CC(C)(C(=O)NC2CCCCCC2)N(CCN2CCCC2)C3=O)cc1. The van der Waals surface area contributed by atoms with Crippen LogP contribution in [0.15, 0.2) is 30.3 Å². The van der Waals surface area contributed by atoms with Crippen LogP contribution in [0.25, 0.3) is 11.3 Å². The first-order valence-electron chi connectivity index (χ1n) is 13.6. The van der Waals surface area contributed by atoms with Gasteiger partial charge in [-0.3, -0.25) is 14.3 Å². The maximum atomic E-state index is 13.9. The van der Waals surface area contributed by atoms with Crippen LogP contribution >= 0.6 is 0 Å². The number of fused-ring (bicyclic) bond motifs is 1. The number of amides is 2. The van der Waals surface area contributed by atoms with Gasteiger partial charge in [-0.05, 0) is 76.0 Å². The van der Waals surface area contributed by atoms with Gasteiger partial charge in [-0.15, -0.1) is 0 Å². The molecule has 1 aromatic carbocycles. The molecule has 0 bridgehead atoms. The summed E-state index contributed by atoms with van der Waals surface area (Å²) in [6.07, 6.45) is 9.18. The third-order valence-electron chi connectivity index (χ3n) is 8.20. The van der Waals surface area contributed by atoms with Gasteiger partial charge < -0.3 is 19.9 Å². The number of aromatic nitrogens is 2. The normalized spacial score (nSPS) is 23.4. The lowest BCUT2D eigenvalue weighted by Gasteiger charge is -2.44. The highest BCUT2D eigenvalue weighted by Gasteiger charge is 2.48. The Hall–Kier alpha value is -2.87. The van der Waals surface area contributed by atoms with Crippen molar-refractivity contribution in [2.24, 2.45) is 0 Å². The van der Waals surface area contributed by atoms with Gasteiger partial charge in [0.15, 0.2) is 0 Å². The Labute approximate surface area is 214 Å². The lowest BCUT2D eigenvalue weighted by molar-refractivity contribution is -0.134. The van der Waals surface area contributed by atoms with Crippen molar-refractivity contribution >= 4 is 11.8 Å². The summed E-state index contributed by atoms with van der Waals surface area (Å²) in [4.78, 5) is 31.9. The zero-order valence-electron chi connectivity index (χ0n) is 21.7. The molecule has 1 saturated heterocycles. The Balaban J connectivity index is 1.42. The summed E-state index contributed by atoms with van der Waals surface area (Å²) >= 11 is 0. The molecule has 1 aromatic heterocycles. The van der Waals surface area contributed by atoms with Gasteiger partial charge >= 0.3 is 0 Å². The van der Waals surface area contributed by atoms with Gasteiger partial charge in [0.2, 0.25) is 5.91 Å². The molecule has 5 rings (SSSR count). The van der Waals surface area contributed by atoms with Crippen molar-refractivity contribution in [1.82, 2.24) is 24.9 Å². The Kier molecular flexibility index (Phi) is 7.32. The molecule has 2 aromatic rings. The van der Waals surface area contributed by atoms with Gasteiger partial charge in [-0.2, -0.15) is 5.10 Å². The molecule has 3 heterocycles. The number of methoxy groups -OCH3 is 1. The lowest BCUT2D eigenvalue weighted by Crippen LogP contribution is -2.65. The van der Waals surface area contributed by atoms with Gasteiger partial charge in [-0.1, -0.05) is 25.7 Å². The molecule has 1 unspecified atom stereocenters. The largest absolute Gasteiger partial charge is 0.497 e. The highest BCUT2D eigenvalue weighted by molar-refractivity contribution is 6.00. The molecule has 8 heteroatoms. The molecule has 0 spiro atoms. The highest BCUT2D eigenvalue weighted by Crippen LogP contribution is 2.31. The quantitative estimate of drug-likeness (QED) is 0.595. The van der Waals surface area contributed by atoms with Crippen molar-refractivity contribution in [1.29, 1.82) is 0 Å². The maximum Gasteiger partial charge on any atom is 0.273 e. The first-order chi connectivity index (χ1) is 17.5. The summed E-state index contributed by atoms with van der Waals surface area (Å²) < 4.78 is 7.01. The zero-order chi connectivity index (χ0) is 25.1. The van der Waals surface area contributed by atoms with Gasteiger partial charge in [-0.25, -0.2) is 0 Å². The monoisotopic (exact) mass is 493 g/mol. The first kappa shape index (κ1) is 24.8. The van der Waals surface area contributed by atoms with Crippen LogP contribution in [0.3, 0.4) is 0 Å². The van der Waals surface area contributed by atoms with Crippen molar-refractivity contribution in [2.75, 3.05) is 33.3 Å². The number of hydrogen-bond acceptors (Lipinski definition) is 5. The smallest absolute Gasteiger partial charge is 0.273 e. The number of ether oxygens (including phenoxy) is 1. The first-order valence-corrected chi connectivity index (χ1v) is 13.6. The fraction of sp³-hybridized carbons (Fsp3) is 0.607. The molecule has 194 valence electrons. The minimum atomic E-state index is -0.987. The molecule has 1 atom stereocenters. The van der Waals surface area contributed by atoms with Gasteiger partial charge in [0.25, 0.3) is 5.91 Å². The summed E-state index contributed by atoms with van der Waals surface area (Å²) in [5.41, 5.74) is 1.20. The van der Waals surface area contributed by atoms with Crippen LogP contribution in [0.1, 0.15) is 68.8 Å². The minimum Gasteiger partial charge on any atom is -0.497 e. The number of carbonyl (C=O) groups excluding carboxylic acids is 2.